The molecule has 0 radical (unpaired) electrons. The van der Waals surface area contributed by atoms with Crippen LogP contribution < -0.4 is 15.4 Å². The highest BCUT2D eigenvalue weighted by Crippen LogP contribution is 2.40. The molecule has 0 saturated carbocycles. The number of nitrogens with zero attached hydrogens (tertiary/aromatic N) is 5. The van der Waals surface area contributed by atoms with Crippen molar-refractivity contribution in [1.29, 1.82) is 0 Å². The Labute approximate surface area is 202 Å². The predicted molar refractivity (Wildman–Crippen MR) is 127 cm³/mol. The monoisotopic (exact) mass is 484 g/mol. The van der Waals surface area contributed by atoms with E-state index < -0.39 is 6.98 Å². The minimum atomic E-state index is -2.25. The molecule has 1 atom stereocenters. The van der Waals surface area contributed by atoms with Gasteiger partial charge in [0.05, 0.1) is 34.2 Å². The molecule has 5 heterocycles. The average Bonchev–Trinajstić information content (AvgIpc) is 3.14. The van der Waals surface area contributed by atoms with Gasteiger partial charge >= 0.3 is 0 Å². The topological polar surface area (TPSA) is 105 Å². The summed E-state index contributed by atoms with van der Waals surface area (Å²) in [5.41, 5.74) is 3.20. The highest BCUT2D eigenvalue weighted by molar-refractivity contribution is 7.21. The maximum absolute atomic E-state index is 12.7. The van der Waals surface area contributed by atoms with E-state index in [0.29, 0.717) is 46.7 Å². The Hall–Kier alpha value is -3.08. The normalized spacial score (nSPS) is 20.1. The first-order valence-corrected chi connectivity index (χ1v) is 11.6. The number of thiophene rings is 1. The van der Waals surface area contributed by atoms with Crippen LogP contribution >= 0.6 is 22.9 Å². The molecule has 0 bridgehead atoms. The maximum atomic E-state index is 12.7. The van der Waals surface area contributed by atoms with Gasteiger partial charge in [-0.15, -0.1) is 11.3 Å². The van der Waals surface area contributed by atoms with Crippen molar-refractivity contribution in [2.75, 3.05) is 25.4 Å². The second-order valence-electron chi connectivity index (χ2n) is 8.07. The van der Waals surface area contributed by atoms with Crippen molar-refractivity contribution in [1.82, 2.24) is 30.2 Å². The van der Waals surface area contributed by atoms with E-state index >= 15 is 0 Å². The van der Waals surface area contributed by atoms with Gasteiger partial charge in [0.25, 0.3) is 5.91 Å². The Morgan fingerprint density at radius 1 is 1.33 bits per heavy atom. The molecular formula is C22H20ClN7O2S. The number of nitrogens with one attached hydrogen (secondary N) is 2. The number of hydrogen-bond donors (Lipinski definition) is 2. The molecular weight excluding hydrogens is 462 g/mol. The van der Waals surface area contributed by atoms with E-state index in [1.165, 1.54) is 22.4 Å². The Morgan fingerprint density at radius 2 is 2.24 bits per heavy atom. The van der Waals surface area contributed by atoms with Gasteiger partial charge in [0.15, 0.2) is 0 Å². The summed E-state index contributed by atoms with van der Waals surface area (Å²) in [4.78, 5) is 32.3. The quantitative estimate of drug-likeness (QED) is 0.416. The van der Waals surface area contributed by atoms with Crippen molar-refractivity contribution in [3.05, 3.63) is 39.7 Å². The van der Waals surface area contributed by atoms with E-state index in [2.05, 4.69) is 30.6 Å². The molecule has 2 aliphatic heterocycles. The number of benzene rings is 1. The van der Waals surface area contributed by atoms with Gasteiger partial charge in [-0.1, -0.05) is 0 Å². The van der Waals surface area contributed by atoms with Crippen LogP contribution in [0.25, 0.3) is 21.1 Å². The van der Waals surface area contributed by atoms with Crippen molar-refractivity contribution >= 4 is 55.7 Å². The summed E-state index contributed by atoms with van der Waals surface area (Å²) < 4.78 is 30.2. The van der Waals surface area contributed by atoms with Gasteiger partial charge in [0.1, 0.15) is 4.88 Å². The van der Waals surface area contributed by atoms with Crippen molar-refractivity contribution < 1.29 is 13.6 Å². The molecule has 0 saturated heterocycles. The third-order valence-electron chi connectivity index (χ3n) is 5.71. The van der Waals surface area contributed by atoms with E-state index in [1.54, 1.807) is 0 Å². The van der Waals surface area contributed by atoms with Gasteiger partial charge in [-0.05, 0) is 37.6 Å². The van der Waals surface area contributed by atoms with Crippen LogP contribution in [0.5, 0.6) is 11.8 Å². The van der Waals surface area contributed by atoms with Crippen LogP contribution in [0.15, 0.2) is 18.3 Å². The van der Waals surface area contributed by atoms with E-state index in [-0.39, 0.29) is 35.5 Å². The number of hydrogen-bond acceptors (Lipinski definition) is 9. The molecule has 33 heavy (non-hydrogen) atoms. The van der Waals surface area contributed by atoms with Crippen LogP contribution in [-0.4, -0.2) is 56.9 Å². The summed E-state index contributed by atoms with van der Waals surface area (Å²) in [5.74, 6) is 0.233. The number of fused-ring (bicyclic) bond motifs is 6. The first kappa shape index (κ1) is 17.4. The fourth-order valence-corrected chi connectivity index (χ4v) is 5.43. The number of carbonyl (C=O) groups is 1. The van der Waals surface area contributed by atoms with Crippen molar-refractivity contribution in [3.63, 3.8) is 0 Å². The lowest BCUT2D eigenvalue weighted by molar-refractivity contribution is 0.0949. The molecule has 1 amide bonds. The van der Waals surface area contributed by atoms with E-state index in [9.17, 15) is 4.79 Å². The van der Waals surface area contributed by atoms with Gasteiger partial charge in [0.2, 0.25) is 17.0 Å². The Morgan fingerprint density at radius 3 is 3.12 bits per heavy atom. The van der Waals surface area contributed by atoms with Gasteiger partial charge in [-0.2, -0.15) is 4.98 Å². The highest BCUT2D eigenvalue weighted by atomic mass is 35.5. The second-order valence-corrected chi connectivity index (χ2v) is 9.46. The Balaban J connectivity index is 1.39. The number of amides is 1. The lowest BCUT2D eigenvalue weighted by atomic mass is 10.1. The standard InChI is InChI=1S/C22H20ClN7O2S/c1-10-7-24-18-16-14(33-19(18)20(31)26-10)4-3-13-17(16)25-8-15(27-13)32-21-11-9-30(2)6-5-12(11)28-22(23)29-21/h3-4,8,10,24H,5-7,9H2,1-2H3,(H,26,31)/t10-/m1/s1/i2D3. The number of halogens is 1. The Kier molecular flexibility index (Phi) is 4.09. The molecule has 1 aromatic carbocycles. The molecule has 4 aromatic rings. The SMILES string of the molecule is [2H]C([2H])([2H])N1CCc2nc(Cl)nc(Oc3cnc4c(ccc5sc6c(c54)NC[C@@H](C)NC6=O)n3)c2C1. The number of ether oxygens (including phenoxy) is 1. The summed E-state index contributed by atoms with van der Waals surface area (Å²) in [6.45, 7) is 0.734. The molecule has 2 N–H and O–H groups in total. The van der Waals surface area contributed by atoms with Crippen LogP contribution in [0.3, 0.4) is 0 Å². The summed E-state index contributed by atoms with van der Waals surface area (Å²) in [6, 6.07) is 3.73. The van der Waals surface area contributed by atoms with Crippen molar-refractivity contribution in [2.24, 2.45) is 0 Å². The number of aromatic nitrogens is 4. The van der Waals surface area contributed by atoms with Crippen molar-refractivity contribution in [3.8, 4) is 11.8 Å². The van der Waals surface area contributed by atoms with E-state index in [0.717, 1.165) is 15.8 Å². The van der Waals surface area contributed by atoms with Crippen LogP contribution in [0.4, 0.5) is 5.69 Å². The minimum Gasteiger partial charge on any atom is -0.418 e. The molecule has 9 nitrogen and oxygen atoms in total. The highest BCUT2D eigenvalue weighted by Gasteiger charge is 2.26. The molecule has 0 fully saturated rings. The van der Waals surface area contributed by atoms with Gasteiger partial charge in [-0.25, -0.2) is 15.0 Å². The predicted octanol–water partition coefficient (Wildman–Crippen LogP) is 3.61. The number of anilines is 1. The second kappa shape index (κ2) is 7.75. The van der Waals surface area contributed by atoms with E-state index in [1.807, 2.05) is 19.1 Å². The van der Waals surface area contributed by atoms with Crippen LogP contribution in [0, 0.1) is 0 Å². The fourth-order valence-electron chi connectivity index (χ4n) is 4.16. The summed E-state index contributed by atoms with van der Waals surface area (Å²) in [6.07, 6.45) is 1.90. The summed E-state index contributed by atoms with van der Waals surface area (Å²) in [5, 5.41) is 7.21. The summed E-state index contributed by atoms with van der Waals surface area (Å²) in [7, 11) is 0. The smallest absolute Gasteiger partial charge is 0.263 e. The van der Waals surface area contributed by atoms with Crippen LogP contribution in [-0.2, 0) is 13.0 Å². The largest absolute Gasteiger partial charge is 0.418 e. The number of rotatable bonds is 2. The molecule has 0 unspecified atom stereocenters. The molecule has 168 valence electrons. The third-order valence-corrected chi connectivity index (χ3v) is 7.03. The molecule has 2 aliphatic rings. The summed E-state index contributed by atoms with van der Waals surface area (Å²) >= 11 is 7.53. The average molecular weight is 485 g/mol. The molecule has 0 aliphatic carbocycles. The number of carbonyl (C=O) groups excluding carboxylic acids is 1. The first-order chi connectivity index (χ1) is 17.2. The lowest BCUT2D eigenvalue weighted by Crippen LogP contribution is -2.34. The van der Waals surface area contributed by atoms with Gasteiger partial charge in [0, 0.05) is 46.3 Å². The fraction of sp³-hybridized carbons (Fsp3) is 0.318. The van der Waals surface area contributed by atoms with E-state index in [4.69, 9.17) is 20.5 Å². The van der Waals surface area contributed by atoms with Crippen molar-refractivity contribution in [2.45, 2.75) is 25.9 Å². The third kappa shape index (κ3) is 3.54. The maximum Gasteiger partial charge on any atom is 0.263 e. The van der Waals surface area contributed by atoms with Gasteiger partial charge < -0.3 is 20.3 Å². The van der Waals surface area contributed by atoms with Gasteiger partial charge in [-0.3, -0.25) is 4.79 Å². The molecule has 11 heteroatoms. The molecule has 0 spiro atoms. The van der Waals surface area contributed by atoms with Crippen LogP contribution in [0.1, 0.15) is 32.0 Å². The van der Waals surface area contributed by atoms with Crippen LogP contribution in [0.2, 0.25) is 5.28 Å². The zero-order valence-electron chi connectivity index (χ0n) is 20.5. The lowest BCUT2D eigenvalue weighted by Gasteiger charge is -2.25. The zero-order chi connectivity index (χ0) is 25.2. The minimum absolute atomic E-state index is 0.0000616. The zero-order valence-corrected chi connectivity index (χ0v) is 19.0. The first-order valence-electron chi connectivity index (χ1n) is 11.9. The Bertz CT molecular complexity index is 1540. The number of likely N-dealkylation sites (N-methyl/N-ethyl adjacent to an activating group) is 1. The molecule has 6 rings (SSSR count). The molecule has 3 aromatic heterocycles.